The quantitative estimate of drug-likeness (QED) is 0.764. The number of fused-ring (bicyclic) bond motifs is 4. The molecular formula is C19H14N2O5. The highest BCUT2D eigenvalue weighted by Crippen LogP contribution is 2.39. The monoisotopic (exact) mass is 350 g/mol. The molecule has 0 aliphatic carbocycles. The Balaban J connectivity index is 1.43. The Kier molecular flexibility index (Phi) is 3.31. The number of rotatable bonds is 2. The second-order valence-electron chi connectivity index (χ2n) is 5.94. The average Bonchev–Trinajstić information content (AvgIpc) is 3.13. The summed E-state index contributed by atoms with van der Waals surface area (Å²) in [6.07, 6.45) is 0. The third-order valence-electron chi connectivity index (χ3n) is 4.31. The predicted octanol–water partition coefficient (Wildman–Crippen LogP) is 3.26. The lowest BCUT2D eigenvalue weighted by atomic mass is 10.0. The molecule has 5 rings (SSSR count). The van der Waals surface area contributed by atoms with Gasteiger partial charge in [-0.25, -0.2) is 0 Å². The summed E-state index contributed by atoms with van der Waals surface area (Å²) in [7, 11) is 0. The number of hydrogen-bond donors (Lipinski definition) is 1. The van der Waals surface area contributed by atoms with E-state index in [0.717, 1.165) is 11.3 Å². The van der Waals surface area contributed by atoms with Gasteiger partial charge in [0.1, 0.15) is 25.6 Å². The zero-order valence-corrected chi connectivity index (χ0v) is 13.7. The fourth-order valence-corrected chi connectivity index (χ4v) is 3.07. The van der Waals surface area contributed by atoms with Crippen LogP contribution in [0.15, 0.2) is 47.0 Å². The van der Waals surface area contributed by atoms with Crippen LogP contribution in [0.2, 0.25) is 0 Å². The minimum atomic E-state index is -0.366. The molecule has 1 N–H and O–H groups in total. The predicted molar refractivity (Wildman–Crippen MR) is 91.7 cm³/mol. The van der Waals surface area contributed by atoms with Gasteiger partial charge in [0, 0.05) is 11.8 Å². The van der Waals surface area contributed by atoms with Crippen LogP contribution in [0.4, 0.5) is 5.69 Å². The molecule has 2 aliphatic heterocycles. The highest BCUT2D eigenvalue weighted by atomic mass is 16.6. The van der Waals surface area contributed by atoms with Crippen LogP contribution in [-0.2, 0) is 6.61 Å². The van der Waals surface area contributed by atoms with Crippen molar-refractivity contribution in [2.75, 3.05) is 18.5 Å². The molecule has 0 unspecified atom stereocenters. The van der Waals surface area contributed by atoms with Gasteiger partial charge in [0.25, 0.3) is 5.91 Å². The van der Waals surface area contributed by atoms with Crippen LogP contribution >= 0.6 is 0 Å². The SMILES string of the molecule is O=C(Nc1ccc2c(c1)OCCO2)c1noc2c1COc1ccccc1-2. The van der Waals surface area contributed by atoms with Gasteiger partial charge in [-0.1, -0.05) is 17.3 Å². The Bertz CT molecular complexity index is 1010. The second-order valence-corrected chi connectivity index (χ2v) is 5.94. The number of ether oxygens (including phenoxy) is 3. The van der Waals surface area contributed by atoms with Gasteiger partial charge in [-0.15, -0.1) is 0 Å². The van der Waals surface area contributed by atoms with Gasteiger partial charge in [-0.3, -0.25) is 4.79 Å². The van der Waals surface area contributed by atoms with Gasteiger partial charge in [-0.05, 0) is 24.3 Å². The summed E-state index contributed by atoms with van der Waals surface area (Å²) in [5, 5.41) is 6.77. The maximum absolute atomic E-state index is 12.7. The third-order valence-corrected chi connectivity index (χ3v) is 4.31. The molecule has 0 bridgehead atoms. The molecule has 3 heterocycles. The smallest absolute Gasteiger partial charge is 0.278 e. The first-order valence-electron chi connectivity index (χ1n) is 8.21. The van der Waals surface area contributed by atoms with E-state index < -0.39 is 0 Å². The molecule has 0 saturated heterocycles. The maximum atomic E-state index is 12.7. The van der Waals surface area contributed by atoms with Crippen LogP contribution in [0.25, 0.3) is 11.3 Å². The van der Waals surface area contributed by atoms with Crippen molar-refractivity contribution >= 4 is 11.6 Å². The fraction of sp³-hybridized carbons (Fsp3) is 0.158. The molecule has 26 heavy (non-hydrogen) atoms. The van der Waals surface area contributed by atoms with Crippen molar-refractivity contribution in [1.82, 2.24) is 5.16 Å². The highest BCUT2D eigenvalue weighted by Gasteiger charge is 2.28. The number of nitrogens with zero attached hydrogens (tertiary/aromatic N) is 1. The van der Waals surface area contributed by atoms with Crippen LogP contribution in [0.1, 0.15) is 16.1 Å². The molecule has 0 fully saturated rings. The van der Waals surface area contributed by atoms with Gasteiger partial charge in [0.15, 0.2) is 23.0 Å². The normalized spacial score (nSPS) is 14.0. The zero-order valence-electron chi connectivity index (χ0n) is 13.7. The van der Waals surface area contributed by atoms with Crippen molar-refractivity contribution in [3.63, 3.8) is 0 Å². The molecule has 7 nitrogen and oxygen atoms in total. The number of aromatic nitrogens is 1. The zero-order chi connectivity index (χ0) is 17.5. The number of nitrogens with one attached hydrogen (secondary N) is 1. The van der Waals surface area contributed by atoms with Crippen LogP contribution in [0.3, 0.4) is 0 Å². The molecule has 1 amide bonds. The topological polar surface area (TPSA) is 82.8 Å². The van der Waals surface area contributed by atoms with E-state index in [4.69, 9.17) is 18.7 Å². The second kappa shape index (κ2) is 5.80. The molecule has 0 saturated carbocycles. The van der Waals surface area contributed by atoms with E-state index in [1.54, 1.807) is 18.2 Å². The van der Waals surface area contributed by atoms with Crippen molar-refractivity contribution in [3.8, 4) is 28.6 Å². The molecule has 3 aromatic rings. The van der Waals surface area contributed by atoms with Gasteiger partial charge in [0.2, 0.25) is 0 Å². The number of para-hydroxylation sites is 1. The van der Waals surface area contributed by atoms with Crippen LogP contribution in [0, 0.1) is 0 Å². The number of benzene rings is 2. The lowest BCUT2D eigenvalue weighted by Gasteiger charge is -2.19. The van der Waals surface area contributed by atoms with E-state index >= 15 is 0 Å². The molecule has 0 spiro atoms. The largest absolute Gasteiger partial charge is 0.488 e. The number of hydrogen-bond acceptors (Lipinski definition) is 6. The summed E-state index contributed by atoms with van der Waals surface area (Å²) >= 11 is 0. The molecule has 1 aromatic heterocycles. The first-order valence-corrected chi connectivity index (χ1v) is 8.21. The van der Waals surface area contributed by atoms with E-state index in [1.807, 2.05) is 24.3 Å². The van der Waals surface area contributed by atoms with Crippen molar-refractivity contribution in [1.29, 1.82) is 0 Å². The van der Waals surface area contributed by atoms with Gasteiger partial charge >= 0.3 is 0 Å². The van der Waals surface area contributed by atoms with Crippen molar-refractivity contribution in [2.24, 2.45) is 0 Å². The summed E-state index contributed by atoms with van der Waals surface area (Å²) in [6, 6.07) is 12.7. The van der Waals surface area contributed by atoms with Crippen molar-refractivity contribution in [3.05, 3.63) is 53.7 Å². The number of amides is 1. The summed E-state index contributed by atoms with van der Waals surface area (Å²) < 4.78 is 22.2. The van der Waals surface area contributed by atoms with E-state index in [9.17, 15) is 4.79 Å². The summed E-state index contributed by atoms with van der Waals surface area (Å²) in [5.41, 5.74) is 2.23. The summed E-state index contributed by atoms with van der Waals surface area (Å²) in [4.78, 5) is 12.7. The molecule has 0 radical (unpaired) electrons. The highest BCUT2D eigenvalue weighted by molar-refractivity contribution is 6.05. The Hall–Kier alpha value is -3.48. The van der Waals surface area contributed by atoms with Crippen LogP contribution in [-0.4, -0.2) is 24.3 Å². The molecule has 2 aromatic carbocycles. The van der Waals surface area contributed by atoms with Crippen molar-refractivity contribution in [2.45, 2.75) is 6.61 Å². The summed E-state index contributed by atoms with van der Waals surface area (Å²) in [6.45, 7) is 1.24. The lowest BCUT2D eigenvalue weighted by molar-refractivity contribution is 0.101. The summed E-state index contributed by atoms with van der Waals surface area (Å²) in [5.74, 6) is 2.19. The van der Waals surface area contributed by atoms with E-state index in [-0.39, 0.29) is 18.2 Å². The molecule has 130 valence electrons. The molecule has 7 heteroatoms. The number of carbonyl (C=O) groups is 1. The maximum Gasteiger partial charge on any atom is 0.278 e. The van der Waals surface area contributed by atoms with Gasteiger partial charge in [0.05, 0.1) is 11.1 Å². The first kappa shape index (κ1) is 14.8. The Morgan fingerprint density at radius 3 is 2.73 bits per heavy atom. The number of anilines is 1. The number of carbonyl (C=O) groups excluding carboxylic acids is 1. The van der Waals surface area contributed by atoms with Gasteiger partial charge < -0.3 is 24.1 Å². The Morgan fingerprint density at radius 2 is 1.81 bits per heavy atom. The fourth-order valence-electron chi connectivity index (χ4n) is 3.07. The minimum absolute atomic E-state index is 0.212. The average molecular weight is 350 g/mol. The van der Waals surface area contributed by atoms with Crippen LogP contribution < -0.4 is 19.5 Å². The molecular weight excluding hydrogens is 336 g/mol. The van der Waals surface area contributed by atoms with Gasteiger partial charge in [-0.2, -0.15) is 0 Å². The third kappa shape index (κ3) is 2.36. The van der Waals surface area contributed by atoms with Crippen molar-refractivity contribution < 1.29 is 23.5 Å². The van der Waals surface area contributed by atoms with E-state index in [0.29, 0.717) is 41.7 Å². The lowest BCUT2D eigenvalue weighted by Crippen LogP contribution is -2.18. The van der Waals surface area contributed by atoms with E-state index in [2.05, 4.69) is 10.5 Å². The van der Waals surface area contributed by atoms with E-state index in [1.165, 1.54) is 0 Å². The Labute approximate surface area is 148 Å². The molecule has 2 aliphatic rings. The Morgan fingerprint density at radius 1 is 0.962 bits per heavy atom. The molecule has 0 atom stereocenters. The first-order chi connectivity index (χ1) is 12.8. The standard InChI is InChI=1S/C19H14N2O5/c22-19(20-11-5-6-15-16(9-11)24-8-7-23-15)17-13-10-25-14-4-2-1-3-12(14)18(13)26-21-17/h1-6,9H,7-8,10H2,(H,20,22). The minimum Gasteiger partial charge on any atom is -0.488 e. The van der Waals surface area contributed by atoms with Crippen LogP contribution in [0.5, 0.6) is 17.2 Å².